The molecule has 2 N–H and O–H groups in total. The van der Waals surface area contributed by atoms with Gasteiger partial charge >= 0.3 is 0 Å². The number of hydrogen-bond acceptors (Lipinski definition) is 5. The van der Waals surface area contributed by atoms with E-state index in [0.717, 1.165) is 37.4 Å². The fraction of sp³-hybridized carbons (Fsp3) is 0.417. The van der Waals surface area contributed by atoms with E-state index in [0.29, 0.717) is 31.1 Å². The van der Waals surface area contributed by atoms with Crippen LogP contribution in [0.1, 0.15) is 36.5 Å². The second-order valence-corrected chi connectivity index (χ2v) is 7.41. The number of benzene rings is 2. The molecule has 0 aromatic heterocycles. The summed E-state index contributed by atoms with van der Waals surface area (Å²) in [5.74, 6) is 0.611. The summed E-state index contributed by atoms with van der Waals surface area (Å²) < 4.78 is 10.8. The fourth-order valence-electron chi connectivity index (χ4n) is 3.43. The van der Waals surface area contributed by atoms with Crippen molar-refractivity contribution in [1.82, 2.24) is 4.90 Å². The quantitative estimate of drug-likeness (QED) is 0.567. The SMILES string of the molecule is CCOCCOc1ccc(NC(=O)CNc2cccc(C(=O)N3CCCCC3)c2)cc1. The molecule has 0 saturated carbocycles. The first-order chi connectivity index (χ1) is 15.2. The Morgan fingerprint density at radius 1 is 0.968 bits per heavy atom. The number of carbonyl (C=O) groups excluding carboxylic acids is 2. The minimum atomic E-state index is -0.169. The predicted molar refractivity (Wildman–Crippen MR) is 122 cm³/mol. The average molecular weight is 426 g/mol. The standard InChI is InChI=1S/C24H31N3O4/c1-2-30-15-16-31-22-11-9-20(10-12-22)26-23(28)18-25-21-8-6-7-19(17-21)24(29)27-13-4-3-5-14-27/h6-12,17,25H,2-5,13-16,18H2,1H3,(H,26,28). The molecule has 3 rings (SSSR count). The third-order valence-corrected chi connectivity index (χ3v) is 5.04. The highest BCUT2D eigenvalue weighted by molar-refractivity contribution is 5.96. The van der Waals surface area contributed by atoms with E-state index in [9.17, 15) is 9.59 Å². The van der Waals surface area contributed by atoms with Crippen LogP contribution in [0, 0.1) is 0 Å². The molecular weight excluding hydrogens is 394 g/mol. The normalized spacial score (nSPS) is 13.5. The van der Waals surface area contributed by atoms with Crippen LogP contribution in [-0.4, -0.2) is 56.2 Å². The minimum absolute atomic E-state index is 0.0522. The molecule has 1 saturated heterocycles. The van der Waals surface area contributed by atoms with Crippen molar-refractivity contribution in [3.63, 3.8) is 0 Å². The van der Waals surface area contributed by atoms with E-state index in [1.165, 1.54) is 6.42 Å². The molecule has 2 aromatic rings. The second kappa shape index (κ2) is 12.0. The molecule has 0 radical (unpaired) electrons. The molecule has 1 aliphatic heterocycles. The van der Waals surface area contributed by atoms with Gasteiger partial charge in [0, 0.05) is 36.6 Å². The van der Waals surface area contributed by atoms with E-state index in [1.807, 2.05) is 42.2 Å². The Bertz CT molecular complexity index is 848. The van der Waals surface area contributed by atoms with Gasteiger partial charge in [0.1, 0.15) is 12.4 Å². The summed E-state index contributed by atoms with van der Waals surface area (Å²) in [5.41, 5.74) is 2.08. The number of amides is 2. The van der Waals surface area contributed by atoms with E-state index in [1.54, 1.807) is 18.2 Å². The van der Waals surface area contributed by atoms with Crippen LogP contribution in [0.2, 0.25) is 0 Å². The summed E-state index contributed by atoms with van der Waals surface area (Å²) in [6.07, 6.45) is 3.30. The Kier molecular flexibility index (Phi) is 8.72. The first kappa shape index (κ1) is 22.6. The molecule has 1 aliphatic rings. The number of hydrogen-bond donors (Lipinski definition) is 2. The van der Waals surface area contributed by atoms with Crippen LogP contribution >= 0.6 is 0 Å². The monoisotopic (exact) mass is 425 g/mol. The number of ether oxygens (including phenoxy) is 2. The maximum atomic E-state index is 12.7. The highest BCUT2D eigenvalue weighted by atomic mass is 16.5. The van der Waals surface area contributed by atoms with Crippen molar-refractivity contribution in [3.8, 4) is 5.75 Å². The van der Waals surface area contributed by atoms with Crippen molar-refractivity contribution < 1.29 is 19.1 Å². The van der Waals surface area contributed by atoms with Crippen molar-refractivity contribution in [2.45, 2.75) is 26.2 Å². The number of carbonyl (C=O) groups is 2. The first-order valence-corrected chi connectivity index (χ1v) is 10.9. The Hall–Kier alpha value is -3.06. The zero-order valence-corrected chi connectivity index (χ0v) is 18.1. The van der Waals surface area contributed by atoms with Crippen LogP contribution in [0.3, 0.4) is 0 Å². The maximum Gasteiger partial charge on any atom is 0.253 e. The number of nitrogens with zero attached hydrogens (tertiary/aromatic N) is 1. The lowest BCUT2D eigenvalue weighted by atomic mass is 10.1. The van der Waals surface area contributed by atoms with Crippen LogP contribution in [-0.2, 0) is 9.53 Å². The molecule has 1 fully saturated rings. The lowest BCUT2D eigenvalue weighted by Gasteiger charge is -2.26. The number of nitrogens with one attached hydrogen (secondary N) is 2. The van der Waals surface area contributed by atoms with Gasteiger partial charge in [0.15, 0.2) is 0 Å². The van der Waals surface area contributed by atoms with Crippen molar-refractivity contribution in [2.75, 3.05) is 50.1 Å². The first-order valence-electron chi connectivity index (χ1n) is 10.9. The summed E-state index contributed by atoms with van der Waals surface area (Å²) in [7, 11) is 0. The summed E-state index contributed by atoms with van der Waals surface area (Å²) in [6.45, 7) is 5.38. The van der Waals surface area contributed by atoms with Crippen LogP contribution in [0.15, 0.2) is 48.5 Å². The topological polar surface area (TPSA) is 79.9 Å². The van der Waals surface area contributed by atoms with Crippen LogP contribution < -0.4 is 15.4 Å². The number of piperidine rings is 1. The van der Waals surface area contributed by atoms with Crippen molar-refractivity contribution >= 4 is 23.2 Å². The Balaban J connectivity index is 1.45. The van der Waals surface area contributed by atoms with Crippen molar-refractivity contribution in [3.05, 3.63) is 54.1 Å². The second-order valence-electron chi connectivity index (χ2n) is 7.41. The summed E-state index contributed by atoms with van der Waals surface area (Å²) in [5, 5.41) is 5.94. The predicted octanol–water partition coefficient (Wildman–Crippen LogP) is 3.78. The Labute approximate surface area is 183 Å². The van der Waals surface area contributed by atoms with E-state index >= 15 is 0 Å². The van der Waals surface area contributed by atoms with Gasteiger partial charge in [-0.25, -0.2) is 0 Å². The molecule has 31 heavy (non-hydrogen) atoms. The van der Waals surface area contributed by atoms with Crippen LogP contribution in [0.25, 0.3) is 0 Å². The minimum Gasteiger partial charge on any atom is -0.491 e. The van der Waals surface area contributed by atoms with Crippen LogP contribution in [0.4, 0.5) is 11.4 Å². The van der Waals surface area contributed by atoms with E-state index in [-0.39, 0.29) is 18.4 Å². The molecule has 2 amide bonds. The molecule has 2 aromatic carbocycles. The molecule has 7 nitrogen and oxygen atoms in total. The lowest BCUT2D eigenvalue weighted by Crippen LogP contribution is -2.35. The highest BCUT2D eigenvalue weighted by Gasteiger charge is 2.18. The van der Waals surface area contributed by atoms with E-state index in [2.05, 4.69) is 10.6 Å². The number of rotatable bonds is 10. The van der Waals surface area contributed by atoms with E-state index < -0.39 is 0 Å². The van der Waals surface area contributed by atoms with Gasteiger partial charge in [-0.05, 0) is 68.7 Å². The third kappa shape index (κ3) is 7.29. The smallest absolute Gasteiger partial charge is 0.253 e. The highest BCUT2D eigenvalue weighted by Crippen LogP contribution is 2.17. The van der Waals surface area contributed by atoms with Gasteiger partial charge in [0.25, 0.3) is 5.91 Å². The Morgan fingerprint density at radius 2 is 1.74 bits per heavy atom. The molecule has 166 valence electrons. The van der Waals surface area contributed by atoms with Crippen molar-refractivity contribution in [1.29, 1.82) is 0 Å². The Morgan fingerprint density at radius 3 is 2.48 bits per heavy atom. The van der Waals surface area contributed by atoms with E-state index in [4.69, 9.17) is 9.47 Å². The molecular formula is C24H31N3O4. The van der Waals surface area contributed by atoms with Gasteiger partial charge in [-0.15, -0.1) is 0 Å². The molecule has 0 bridgehead atoms. The summed E-state index contributed by atoms with van der Waals surface area (Å²) in [4.78, 5) is 26.8. The fourth-order valence-corrected chi connectivity index (χ4v) is 3.43. The summed E-state index contributed by atoms with van der Waals surface area (Å²) in [6, 6.07) is 14.5. The summed E-state index contributed by atoms with van der Waals surface area (Å²) >= 11 is 0. The van der Waals surface area contributed by atoms with Gasteiger partial charge in [-0.2, -0.15) is 0 Å². The maximum absolute atomic E-state index is 12.7. The van der Waals surface area contributed by atoms with Gasteiger partial charge in [0.2, 0.25) is 5.91 Å². The zero-order valence-electron chi connectivity index (χ0n) is 18.1. The average Bonchev–Trinajstić information content (AvgIpc) is 2.82. The lowest BCUT2D eigenvalue weighted by molar-refractivity contribution is -0.114. The number of anilines is 2. The van der Waals surface area contributed by atoms with Crippen molar-refractivity contribution in [2.24, 2.45) is 0 Å². The van der Waals surface area contributed by atoms with Crippen LogP contribution in [0.5, 0.6) is 5.75 Å². The molecule has 0 unspecified atom stereocenters. The van der Waals surface area contributed by atoms with Gasteiger partial charge in [0.05, 0.1) is 13.2 Å². The van der Waals surface area contributed by atoms with Gasteiger partial charge in [-0.1, -0.05) is 6.07 Å². The molecule has 0 atom stereocenters. The largest absolute Gasteiger partial charge is 0.491 e. The van der Waals surface area contributed by atoms with Gasteiger partial charge in [-0.3, -0.25) is 9.59 Å². The number of likely N-dealkylation sites (tertiary alicyclic amines) is 1. The molecule has 0 spiro atoms. The zero-order chi connectivity index (χ0) is 21.9. The van der Waals surface area contributed by atoms with Gasteiger partial charge < -0.3 is 25.0 Å². The third-order valence-electron chi connectivity index (χ3n) is 5.04. The molecule has 1 heterocycles. The molecule has 7 heteroatoms. The molecule has 0 aliphatic carbocycles.